The lowest BCUT2D eigenvalue weighted by atomic mass is 10.3. The van der Waals surface area contributed by atoms with Crippen LogP contribution < -0.4 is 0 Å². The van der Waals surface area contributed by atoms with E-state index in [9.17, 15) is 18.0 Å². The lowest BCUT2D eigenvalue weighted by Crippen LogP contribution is -2.08. The van der Waals surface area contributed by atoms with Gasteiger partial charge in [0, 0.05) is 5.02 Å². The Labute approximate surface area is 115 Å². The molecule has 3 nitrogen and oxygen atoms in total. The lowest BCUT2D eigenvalue weighted by molar-refractivity contribution is -0.141. The average Bonchev–Trinajstić information content (AvgIpc) is 2.72. The summed E-state index contributed by atoms with van der Waals surface area (Å²) >= 11 is 11.6. The van der Waals surface area contributed by atoms with Crippen molar-refractivity contribution < 1.29 is 18.0 Å². The third-order valence-corrected chi connectivity index (χ3v) is 2.82. The number of benzene rings is 1. The Kier molecular flexibility index (Phi) is 3.56. The van der Waals surface area contributed by atoms with Gasteiger partial charge in [0.25, 0.3) is 0 Å². The van der Waals surface area contributed by atoms with Crippen molar-refractivity contribution in [2.75, 3.05) is 0 Å². The number of alkyl halides is 3. The number of hydrogen-bond donors (Lipinski definition) is 0. The molecule has 0 spiro atoms. The molecule has 0 saturated heterocycles. The van der Waals surface area contributed by atoms with Crippen LogP contribution in [0.25, 0.3) is 5.69 Å². The van der Waals surface area contributed by atoms with E-state index >= 15 is 0 Å². The van der Waals surface area contributed by atoms with E-state index in [1.165, 1.54) is 18.2 Å². The van der Waals surface area contributed by atoms with Crippen molar-refractivity contribution in [2.24, 2.45) is 0 Å². The third-order valence-electron chi connectivity index (χ3n) is 2.29. The SMILES string of the molecule is O=Cc1cc(C(F)(F)F)nn1-c1ccc(Cl)cc1Cl. The molecule has 2 rings (SSSR count). The third kappa shape index (κ3) is 2.74. The molecule has 1 aromatic heterocycles. The van der Waals surface area contributed by atoms with Gasteiger partial charge in [-0.3, -0.25) is 4.79 Å². The molecule has 0 N–H and O–H groups in total. The molecule has 0 saturated carbocycles. The number of carbonyl (C=O) groups is 1. The summed E-state index contributed by atoms with van der Waals surface area (Å²) in [5.74, 6) is 0. The molecule has 1 heterocycles. The number of carbonyl (C=O) groups excluding carboxylic acids is 1. The Morgan fingerprint density at radius 1 is 1.21 bits per heavy atom. The number of halogens is 5. The summed E-state index contributed by atoms with van der Waals surface area (Å²) in [4.78, 5) is 10.8. The molecule has 0 aliphatic heterocycles. The van der Waals surface area contributed by atoms with Crippen LogP contribution in [0.4, 0.5) is 13.2 Å². The van der Waals surface area contributed by atoms with Gasteiger partial charge in [0.2, 0.25) is 0 Å². The number of nitrogens with zero attached hydrogens (tertiary/aromatic N) is 2. The van der Waals surface area contributed by atoms with Gasteiger partial charge >= 0.3 is 6.18 Å². The van der Waals surface area contributed by atoms with E-state index in [1.54, 1.807) is 0 Å². The zero-order chi connectivity index (χ0) is 14.2. The molecule has 0 unspecified atom stereocenters. The summed E-state index contributed by atoms with van der Waals surface area (Å²) in [5.41, 5.74) is -1.28. The van der Waals surface area contributed by atoms with Gasteiger partial charge in [0.15, 0.2) is 12.0 Å². The van der Waals surface area contributed by atoms with Crippen LogP contribution in [0.1, 0.15) is 16.2 Å². The second-order valence-corrected chi connectivity index (χ2v) is 4.42. The first-order valence-corrected chi connectivity index (χ1v) is 5.66. The van der Waals surface area contributed by atoms with Gasteiger partial charge in [-0.25, -0.2) is 4.68 Å². The molecule has 1 aromatic carbocycles. The summed E-state index contributed by atoms with van der Waals surface area (Å²) in [6, 6.07) is 4.82. The predicted octanol–water partition coefficient (Wildman–Crippen LogP) is 4.01. The highest BCUT2D eigenvalue weighted by molar-refractivity contribution is 6.35. The molecule has 0 aliphatic rings. The van der Waals surface area contributed by atoms with Crippen LogP contribution >= 0.6 is 23.2 Å². The molecule has 0 atom stereocenters. The summed E-state index contributed by atoms with van der Waals surface area (Å²) in [7, 11) is 0. The molecule has 2 aromatic rings. The van der Waals surface area contributed by atoms with Crippen LogP contribution in [0.5, 0.6) is 0 Å². The Morgan fingerprint density at radius 3 is 2.42 bits per heavy atom. The first-order chi connectivity index (χ1) is 8.82. The van der Waals surface area contributed by atoms with Crippen LogP contribution in [-0.4, -0.2) is 16.1 Å². The van der Waals surface area contributed by atoms with Gasteiger partial charge in [0.05, 0.1) is 10.7 Å². The zero-order valence-corrected chi connectivity index (χ0v) is 10.6. The van der Waals surface area contributed by atoms with Gasteiger partial charge in [-0.2, -0.15) is 18.3 Å². The number of hydrogen-bond acceptors (Lipinski definition) is 2. The van der Waals surface area contributed by atoms with Gasteiger partial charge < -0.3 is 0 Å². The predicted molar refractivity (Wildman–Crippen MR) is 64.0 cm³/mol. The smallest absolute Gasteiger partial charge is 0.296 e. The minimum Gasteiger partial charge on any atom is -0.296 e. The lowest BCUT2D eigenvalue weighted by Gasteiger charge is -2.06. The fourth-order valence-electron chi connectivity index (χ4n) is 1.46. The zero-order valence-electron chi connectivity index (χ0n) is 9.08. The second kappa shape index (κ2) is 4.86. The van der Waals surface area contributed by atoms with Gasteiger partial charge in [0.1, 0.15) is 5.69 Å². The minimum atomic E-state index is -4.64. The summed E-state index contributed by atoms with van der Waals surface area (Å²) < 4.78 is 38.5. The van der Waals surface area contributed by atoms with Crippen molar-refractivity contribution >= 4 is 29.5 Å². The van der Waals surface area contributed by atoms with Crippen molar-refractivity contribution in [3.05, 3.63) is 45.7 Å². The molecule has 8 heteroatoms. The molecule has 0 amide bonds. The van der Waals surface area contributed by atoms with E-state index in [0.717, 1.165) is 4.68 Å². The van der Waals surface area contributed by atoms with Crippen LogP contribution in [-0.2, 0) is 6.18 Å². The maximum atomic E-state index is 12.6. The molecule has 0 fully saturated rings. The maximum absolute atomic E-state index is 12.6. The van der Waals surface area contributed by atoms with Gasteiger partial charge in [-0.15, -0.1) is 0 Å². The quantitative estimate of drug-likeness (QED) is 0.786. The van der Waals surface area contributed by atoms with E-state index in [2.05, 4.69) is 5.10 Å². The number of aromatic nitrogens is 2. The fourth-order valence-corrected chi connectivity index (χ4v) is 1.95. The highest BCUT2D eigenvalue weighted by atomic mass is 35.5. The molecule has 19 heavy (non-hydrogen) atoms. The first-order valence-electron chi connectivity index (χ1n) is 4.91. The highest BCUT2D eigenvalue weighted by Crippen LogP contribution is 2.31. The summed E-state index contributed by atoms with van der Waals surface area (Å²) in [6.45, 7) is 0. The number of aldehydes is 1. The second-order valence-electron chi connectivity index (χ2n) is 3.58. The van der Waals surface area contributed by atoms with E-state index < -0.39 is 11.9 Å². The largest absolute Gasteiger partial charge is 0.435 e. The van der Waals surface area contributed by atoms with Crippen LogP contribution in [0.15, 0.2) is 24.3 Å². The van der Waals surface area contributed by atoms with E-state index in [4.69, 9.17) is 23.2 Å². The Morgan fingerprint density at radius 2 is 1.89 bits per heavy atom. The topological polar surface area (TPSA) is 34.9 Å². The average molecular weight is 309 g/mol. The number of rotatable bonds is 2. The van der Waals surface area contributed by atoms with E-state index in [0.29, 0.717) is 11.1 Å². The molecular formula is C11H5Cl2F3N2O. The monoisotopic (exact) mass is 308 g/mol. The van der Waals surface area contributed by atoms with E-state index in [1.807, 2.05) is 0 Å². The van der Waals surface area contributed by atoms with Crippen molar-refractivity contribution in [2.45, 2.75) is 6.18 Å². The van der Waals surface area contributed by atoms with Crippen LogP contribution in [0.2, 0.25) is 10.0 Å². The standard InChI is InChI=1S/C11H5Cl2F3N2O/c12-6-1-2-9(8(13)3-6)18-7(5-19)4-10(17-18)11(14,15)16/h1-5H. The summed E-state index contributed by atoms with van der Waals surface area (Å²) in [6.07, 6.45) is -4.37. The van der Waals surface area contributed by atoms with Crippen molar-refractivity contribution in [1.82, 2.24) is 9.78 Å². The fraction of sp³-hybridized carbons (Fsp3) is 0.0909. The van der Waals surface area contributed by atoms with Crippen molar-refractivity contribution in [1.29, 1.82) is 0 Å². The molecule has 0 bridgehead atoms. The molecule has 0 radical (unpaired) electrons. The highest BCUT2D eigenvalue weighted by Gasteiger charge is 2.35. The Bertz CT molecular complexity index is 637. The van der Waals surface area contributed by atoms with Crippen LogP contribution in [0.3, 0.4) is 0 Å². The molecule has 100 valence electrons. The van der Waals surface area contributed by atoms with Crippen molar-refractivity contribution in [3.8, 4) is 5.69 Å². The minimum absolute atomic E-state index is 0.0902. The van der Waals surface area contributed by atoms with Gasteiger partial charge in [-0.05, 0) is 24.3 Å². The summed E-state index contributed by atoms with van der Waals surface area (Å²) in [5, 5.41) is 3.76. The van der Waals surface area contributed by atoms with Crippen molar-refractivity contribution in [3.63, 3.8) is 0 Å². The normalized spacial score (nSPS) is 11.6. The molecule has 0 aliphatic carbocycles. The van der Waals surface area contributed by atoms with E-state index in [-0.39, 0.29) is 22.7 Å². The Balaban J connectivity index is 2.61. The Hall–Kier alpha value is -1.53. The molecular weight excluding hydrogens is 304 g/mol. The first kappa shape index (κ1) is 13.9. The maximum Gasteiger partial charge on any atom is 0.435 e. The van der Waals surface area contributed by atoms with Crippen LogP contribution in [0, 0.1) is 0 Å². The van der Waals surface area contributed by atoms with Gasteiger partial charge in [-0.1, -0.05) is 23.2 Å².